The van der Waals surface area contributed by atoms with E-state index >= 15 is 0 Å². The number of nitrogens with zero attached hydrogens (tertiary/aromatic N) is 2. The van der Waals surface area contributed by atoms with Gasteiger partial charge in [0, 0.05) is 21.3 Å². The summed E-state index contributed by atoms with van der Waals surface area (Å²) in [6.07, 6.45) is 4.11. The van der Waals surface area contributed by atoms with Gasteiger partial charge in [-0.15, -0.1) is 22.7 Å². The zero-order chi connectivity index (χ0) is 17.1. The van der Waals surface area contributed by atoms with E-state index in [0.29, 0.717) is 10.6 Å². The standard InChI is InChI=1S/C17H16N2O3S2/c1-10-8-24-16(19-10)12(6-18)14(20)7-22-17(21)13-9-23-15-5-3-2-4-11(13)15/h8-9,12H,2-5,7H2,1H3/t12-/m1/s1. The molecule has 0 saturated heterocycles. The van der Waals surface area contributed by atoms with Crippen LogP contribution in [-0.4, -0.2) is 23.3 Å². The van der Waals surface area contributed by atoms with Crippen LogP contribution < -0.4 is 0 Å². The van der Waals surface area contributed by atoms with Gasteiger partial charge in [0.05, 0.1) is 11.6 Å². The monoisotopic (exact) mass is 360 g/mol. The summed E-state index contributed by atoms with van der Waals surface area (Å²) in [4.78, 5) is 29.9. The SMILES string of the molecule is Cc1csc([C@H](C#N)C(=O)COC(=O)c2csc3c2CCCC3)n1. The van der Waals surface area contributed by atoms with Crippen LogP contribution in [0.2, 0.25) is 0 Å². The third kappa shape index (κ3) is 3.40. The zero-order valence-corrected chi connectivity index (χ0v) is 14.8. The Morgan fingerprint density at radius 2 is 2.12 bits per heavy atom. The van der Waals surface area contributed by atoms with Crippen molar-refractivity contribution in [2.24, 2.45) is 0 Å². The highest BCUT2D eigenvalue weighted by atomic mass is 32.1. The van der Waals surface area contributed by atoms with Gasteiger partial charge in [-0.2, -0.15) is 5.26 Å². The van der Waals surface area contributed by atoms with Crippen LogP contribution >= 0.6 is 22.7 Å². The number of thiazole rings is 1. The number of aromatic nitrogens is 1. The number of fused-ring (bicyclic) bond motifs is 1. The molecule has 0 bridgehead atoms. The lowest BCUT2D eigenvalue weighted by atomic mass is 9.96. The van der Waals surface area contributed by atoms with Crippen LogP contribution in [0.4, 0.5) is 0 Å². The fourth-order valence-electron chi connectivity index (χ4n) is 2.73. The molecule has 2 aromatic rings. The van der Waals surface area contributed by atoms with E-state index in [-0.39, 0.29) is 0 Å². The minimum atomic E-state index is -0.979. The fraction of sp³-hybridized carbons (Fsp3) is 0.412. The molecule has 3 rings (SSSR count). The summed E-state index contributed by atoms with van der Waals surface area (Å²) in [7, 11) is 0. The second-order valence-corrected chi connectivity index (χ2v) is 7.54. The van der Waals surface area contributed by atoms with E-state index in [9.17, 15) is 14.9 Å². The predicted octanol–water partition coefficient (Wildman–Crippen LogP) is 3.43. The number of carbonyl (C=O) groups excluding carboxylic acids is 2. The molecule has 0 aliphatic heterocycles. The molecule has 1 aliphatic rings. The number of hydrogen-bond acceptors (Lipinski definition) is 7. The Bertz CT molecular complexity index is 816. The number of hydrogen-bond donors (Lipinski definition) is 0. The van der Waals surface area contributed by atoms with Crippen LogP contribution in [0.25, 0.3) is 0 Å². The maximum Gasteiger partial charge on any atom is 0.339 e. The van der Waals surface area contributed by atoms with Crippen molar-refractivity contribution in [1.29, 1.82) is 5.26 Å². The molecule has 2 heterocycles. The second-order valence-electron chi connectivity index (χ2n) is 5.69. The van der Waals surface area contributed by atoms with Gasteiger partial charge >= 0.3 is 5.97 Å². The quantitative estimate of drug-likeness (QED) is 0.763. The Hall–Kier alpha value is -2.04. The number of Topliss-reactive ketones (excluding diaryl/α,β-unsaturated/α-hetero) is 1. The van der Waals surface area contributed by atoms with Crippen LogP contribution in [0, 0.1) is 18.3 Å². The molecule has 7 heteroatoms. The van der Waals surface area contributed by atoms with Crippen molar-refractivity contribution in [3.8, 4) is 6.07 Å². The molecule has 0 radical (unpaired) electrons. The van der Waals surface area contributed by atoms with Crippen molar-refractivity contribution in [3.63, 3.8) is 0 Å². The first kappa shape index (κ1) is 16.8. The van der Waals surface area contributed by atoms with E-state index in [1.165, 1.54) is 16.2 Å². The Balaban J connectivity index is 1.64. The van der Waals surface area contributed by atoms with Gasteiger partial charge in [-0.25, -0.2) is 9.78 Å². The number of esters is 1. The second kappa shape index (κ2) is 7.24. The van der Waals surface area contributed by atoms with Crippen LogP contribution in [0.5, 0.6) is 0 Å². The Morgan fingerprint density at radius 3 is 2.83 bits per heavy atom. The Labute approximate surface area is 147 Å². The minimum Gasteiger partial charge on any atom is -0.454 e. The first-order chi connectivity index (χ1) is 11.6. The highest BCUT2D eigenvalue weighted by molar-refractivity contribution is 7.10. The molecule has 5 nitrogen and oxygen atoms in total. The van der Waals surface area contributed by atoms with E-state index in [0.717, 1.165) is 36.9 Å². The minimum absolute atomic E-state index is 0.402. The average Bonchev–Trinajstić information content (AvgIpc) is 3.20. The first-order valence-electron chi connectivity index (χ1n) is 7.71. The summed E-state index contributed by atoms with van der Waals surface area (Å²) in [6.45, 7) is 1.40. The number of aryl methyl sites for hydroxylation is 2. The van der Waals surface area contributed by atoms with E-state index in [4.69, 9.17) is 4.74 Å². The normalized spacial score (nSPS) is 14.5. The fourth-order valence-corrected chi connectivity index (χ4v) is 4.71. The molecule has 1 aliphatic carbocycles. The average molecular weight is 360 g/mol. The van der Waals surface area contributed by atoms with Crippen LogP contribution in [-0.2, 0) is 22.4 Å². The van der Waals surface area contributed by atoms with Gasteiger partial charge < -0.3 is 4.74 Å². The molecular formula is C17H16N2O3S2. The summed E-state index contributed by atoms with van der Waals surface area (Å²) in [5, 5.41) is 13.3. The van der Waals surface area contributed by atoms with Gasteiger partial charge in [0.1, 0.15) is 5.01 Å². The topological polar surface area (TPSA) is 80.0 Å². The van der Waals surface area contributed by atoms with Gasteiger partial charge in [0.25, 0.3) is 0 Å². The lowest BCUT2D eigenvalue weighted by Gasteiger charge is -2.12. The van der Waals surface area contributed by atoms with Crippen molar-refractivity contribution < 1.29 is 14.3 Å². The smallest absolute Gasteiger partial charge is 0.339 e. The summed E-state index contributed by atoms with van der Waals surface area (Å²) >= 11 is 2.85. The first-order valence-corrected chi connectivity index (χ1v) is 9.46. The number of ether oxygens (including phenoxy) is 1. The molecule has 2 aromatic heterocycles. The molecule has 0 amide bonds. The third-order valence-corrected chi connectivity index (χ3v) is 6.08. The van der Waals surface area contributed by atoms with E-state index in [1.54, 1.807) is 23.6 Å². The van der Waals surface area contributed by atoms with Gasteiger partial charge in [0.2, 0.25) is 0 Å². The highest BCUT2D eigenvalue weighted by Crippen LogP contribution is 2.30. The van der Waals surface area contributed by atoms with Crippen LogP contribution in [0.1, 0.15) is 50.3 Å². The lowest BCUT2D eigenvalue weighted by Crippen LogP contribution is -2.20. The number of thiophene rings is 1. The molecule has 0 N–H and O–H groups in total. The Kier molecular flexibility index (Phi) is 5.07. The number of carbonyl (C=O) groups is 2. The van der Waals surface area contributed by atoms with E-state index < -0.39 is 24.3 Å². The zero-order valence-electron chi connectivity index (χ0n) is 13.2. The van der Waals surface area contributed by atoms with E-state index in [1.807, 2.05) is 11.4 Å². The Morgan fingerprint density at radius 1 is 1.33 bits per heavy atom. The summed E-state index contributed by atoms with van der Waals surface area (Å²) < 4.78 is 5.17. The van der Waals surface area contributed by atoms with Crippen molar-refractivity contribution in [3.05, 3.63) is 37.5 Å². The molecule has 0 spiro atoms. The molecule has 0 saturated carbocycles. The molecule has 1 atom stereocenters. The maximum atomic E-state index is 12.3. The number of nitriles is 1. The summed E-state index contributed by atoms with van der Waals surface area (Å²) in [6, 6.07) is 1.95. The van der Waals surface area contributed by atoms with Crippen molar-refractivity contribution in [1.82, 2.24) is 4.98 Å². The third-order valence-electron chi connectivity index (χ3n) is 3.96. The van der Waals surface area contributed by atoms with Crippen molar-refractivity contribution in [2.75, 3.05) is 6.61 Å². The molecule has 124 valence electrons. The summed E-state index contributed by atoms with van der Waals surface area (Å²) in [5.74, 6) is -1.90. The largest absolute Gasteiger partial charge is 0.454 e. The van der Waals surface area contributed by atoms with Crippen molar-refractivity contribution in [2.45, 2.75) is 38.5 Å². The number of rotatable bonds is 5. The molecule has 0 aromatic carbocycles. The van der Waals surface area contributed by atoms with E-state index in [2.05, 4.69) is 4.98 Å². The predicted molar refractivity (Wildman–Crippen MR) is 91.5 cm³/mol. The van der Waals surface area contributed by atoms with Crippen molar-refractivity contribution >= 4 is 34.4 Å². The molecular weight excluding hydrogens is 344 g/mol. The lowest BCUT2D eigenvalue weighted by molar-refractivity contribution is -0.122. The summed E-state index contributed by atoms with van der Waals surface area (Å²) in [5.41, 5.74) is 2.40. The maximum absolute atomic E-state index is 12.3. The van der Waals surface area contributed by atoms with Crippen LogP contribution in [0.3, 0.4) is 0 Å². The molecule has 0 fully saturated rings. The number of ketones is 1. The molecule has 0 unspecified atom stereocenters. The van der Waals surface area contributed by atoms with Gasteiger partial charge in [-0.05, 0) is 38.2 Å². The van der Waals surface area contributed by atoms with Gasteiger partial charge in [-0.1, -0.05) is 0 Å². The van der Waals surface area contributed by atoms with Gasteiger partial charge in [0.15, 0.2) is 18.3 Å². The van der Waals surface area contributed by atoms with Crippen LogP contribution in [0.15, 0.2) is 10.8 Å². The highest BCUT2D eigenvalue weighted by Gasteiger charge is 2.26. The molecule has 24 heavy (non-hydrogen) atoms. The van der Waals surface area contributed by atoms with Gasteiger partial charge in [-0.3, -0.25) is 4.79 Å².